The van der Waals surface area contributed by atoms with Crippen LogP contribution in [0.5, 0.6) is 0 Å². The number of aromatic amines is 1. The topological polar surface area (TPSA) is 200 Å². The van der Waals surface area contributed by atoms with Crippen molar-refractivity contribution < 1.29 is 29.4 Å². The highest BCUT2D eigenvalue weighted by molar-refractivity contribution is 5.94. The standard InChI is InChI=1S/C18H30N6O6/c1-9(2)4-13(23-16(28)12(19)5-11-6-20-8-22-11)17(29)24-15(10(3)25)18(30)21-7-14(26)27/h6,8-10,12-13,15,25H,4-5,7,19H2,1-3H3,(H,20,22)(H,21,30)(H,23,28)(H,24,29)(H,26,27). The molecule has 0 aliphatic carbocycles. The average molecular weight is 426 g/mol. The number of carboxylic acid groups (broad SMARTS) is 1. The first-order valence-corrected chi connectivity index (χ1v) is 9.52. The fourth-order valence-electron chi connectivity index (χ4n) is 2.64. The highest BCUT2D eigenvalue weighted by atomic mass is 16.4. The van der Waals surface area contributed by atoms with Crippen LogP contribution in [-0.2, 0) is 25.6 Å². The zero-order valence-corrected chi connectivity index (χ0v) is 17.2. The van der Waals surface area contributed by atoms with Crippen molar-refractivity contribution in [3.63, 3.8) is 0 Å². The van der Waals surface area contributed by atoms with Crippen molar-refractivity contribution in [3.8, 4) is 0 Å². The molecule has 12 nitrogen and oxygen atoms in total. The molecule has 12 heteroatoms. The molecule has 0 bridgehead atoms. The summed E-state index contributed by atoms with van der Waals surface area (Å²) in [7, 11) is 0. The largest absolute Gasteiger partial charge is 0.480 e. The molecule has 0 saturated carbocycles. The number of rotatable bonds is 12. The van der Waals surface area contributed by atoms with E-state index in [1.54, 1.807) is 0 Å². The van der Waals surface area contributed by atoms with Crippen LogP contribution in [0.25, 0.3) is 0 Å². The molecule has 168 valence electrons. The van der Waals surface area contributed by atoms with Crippen LogP contribution in [-0.4, -0.2) is 74.6 Å². The number of nitrogens with zero attached hydrogens (tertiary/aromatic N) is 1. The van der Waals surface area contributed by atoms with Gasteiger partial charge < -0.3 is 36.9 Å². The van der Waals surface area contributed by atoms with Crippen LogP contribution in [0.1, 0.15) is 32.9 Å². The number of H-pyrrole nitrogens is 1. The normalized spacial score (nSPS) is 15.0. The van der Waals surface area contributed by atoms with Crippen LogP contribution in [0.3, 0.4) is 0 Å². The molecule has 0 fully saturated rings. The quantitative estimate of drug-likeness (QED) is 0.196. The van der Waals surface area contributed by atoms with E-state index in [0.29, 0.717) is 5.69 Å². The molecule has 1 rings (SSSR count). The third kappa shape index (κ3) is 8.57. The number of carbonyl (C=O) groups excluding carboxylic acids is 3. The van der Waals surface area contributed by atoms with E-state index in [1.807, 2.05) is 13.8 Å². The maximum Gasteiger partial charge on any atom is 0.322 e. The minimum Gasteiger partial charge on any atom is -0.480 e. The lowest BCUT2D eigenvalue weighted by molar-refractivity contribution is -0.139. The second kappa shape index (κ2) is 11.9. The smallest absolute Gasteiger partial charge is 0.322 e. The van der Waals surface area contributed by atoms with Gasteiger partial charge in [-0.2, -0.15) is 0 Å². The molecule has 0 aliphatic rings. The van der Waals surface area contributed by atoms with Crippen LogP contribution in [0, 0.1) is 5.92 Å². The predicted octanol–water partition coefficient (Wildman–Crippen LogP) is -2.12. The van der Waals surface area contributed by atoms with Crippen molar-refractivity contribution in [2.24, 2.45) is 11.7 Å². The number of amides is 3. The molecule has 4 unspecified atom stereocenters. The first-order valence-electron chi connectivity index (χ1n) is 9.52. The van der Waals surface area contributed by atoms with Gasteiger partial charge >= 0.3 is 5.97 Å². The number of aliphatic hydroxyl groups excluding tert-OH is 1. The van der Waals surface area contributed by atoms with Crippen LogP contribution >= 0.6 is 0 Å². The Morgan fingerprint density at radius 1 is 1.13 bits per heavy atom. The molecule has 4 atom stereocenters. The Morgan fingerprint density at radius 2 is 1.80 bits per heavy atom. The first kappa shape index (κ1) is 25.0. The molecule has 30 heavy (non-hydrogen) atoms. The van der Waals surface area contributed by atoms with E-state index in [1.165, 1.54) is 19.4 Å². The molecule has 3 amide bonds. The van der Waals surface area contributed by atoms with Crippen molar-refractivity contribution in [1.82, 2.24) is 25.9 Å². The lowest BCUT2D eigenvalue weighted by Gasteiger charge is -2.26. The number of aromatic nitrogens is 2. The summed E-state index contributed by atoms with van der Waals surface area (Å²) < 4.78 is 0. The summed E-state index contributed by atoms with van der Waals surface area (Å²) in [5.41, 5.74) is 6.56. The van der Waals surface area contributed by atoms with Crippen molar-refractivity contribution in [2.45, 2.75) is 57.8 Å². The average Bonchev–Trinajstić information content (AvgIpc) is 3.15. The summed E-state index contributed by atoms with van der Waals surface area (Å²) in [5, 5.41) is 25.5. The van der Waals surface area contributed by atoms with Crippen molar-refractivity contribution >= 4 is 23.7 Å². The van der Waals surface area contributed by atoms with Gasteiger partial charge in [-0.3, -0.25) is 19.2 Å². The van der Waals surface area contributed by atoms with E-state index in [0.717, 1.165) is 0 Å². The van der Waals surface area contributed by atoms with Gasteiger partial charge in [0, 0.05) is 18.3 Å². The number of hydrogen-bond acceptors (Lipinski definition) is 7. The zero-order valence-electron chi connectivity index (χ0n) is 17.2. The van der Waals surface area contributed by atoms with Gasteiger partial charge in [-0.05, 0) is 19.3 Å². The SMILES string of the molecule is CC(C)CC(NC(=O)C(N)Cc1cnc[nH]1)C(=O)NC(C(=O)NCC(=O)O)C(C)O. The molecular formula is C18H30N6O6. The van der Waals surface area contributed by atoms with Crippen molar-refractivity contribution in [1.29, 1.82) is 0 Å². The maximum atomic E-state index is 12.7. The Labute approximate surface area is 174 Å². The number of aliphatic hydroxyl groups is 1. The lowest BCUT2D eigenvalue weighted by Crippen LogP contribution is -2.59. The van der Waals surface area contributed by atoms with E-state index in [9.17, 15) is 24.3 Å². The highest BCUT2D eigenvalue weighted by Crippen LogP contribution is 2.07. The Balaban J connectivity index is 2.81. The number of aliphatic carboxylic acids is 1. The summed E-state index contributed by atoms with van der Waals surface area (Å²) >= 11 is 0. The molecule has 1 heterocycles. The fourth-order valence-corrected chi connectivity index (χ4v) is 2.64. The summed E-state index contributed by atoms with van der Waals surface area (Å²) in [6, 6.07) is -3.32. The Hall–Kier alpha value is -2.99. The zero-order chi connectivity index (χ0) is 22.8. The van der Waals surface area contributed by atoms with E-state index < -0.39 is 54.5 Å². The summed E-state index contributed by atoms with van der Waals surface area (Å²) in [5.74, 6) is -3.35. The number of imidazole rings is 1. The van der Waals surface area contributed by atoms with Gasteiger partial charge in [0.05, 0.1) is 18.5 Å². The number of nitrogens with two attached hydrogens (primary N) is 1. The molecule has 1 aromatic rings. The Morgan fingerprint density at radius 3 is 2.30 bits per heavy atom. The first-order chi connectivity index (χ1) is 14.0. The van der Waals surface area contributed by atoms with Crippen molar-refractivity contribution in [2.75, 3.05) is 6.54 Å². The van der Waals surface area contributed by atoms with Gasteiger partial charge in [-0.15, -0.1) is 0 Å². The molecule has 8 N–H and O–H groups in total. The molecule has 0 radical (unpaired) electrons. The fraction of sp³-hybridized carbons (Fsp3) is 0.611. The van der Waals surface area contributed by atoms with Gasteiger partial charge in [0.25, 0.3) is 0 Å². The predicted molar refractivity (Wildman–Crippen MR) is 106 cm³/mol. The lowest BCUT2D eigenvalue weighted by atomic mass is 10.0. The van der Waals surface area contributed by atoms with E-state index in [4.69, 9.17) is 10.8 Å². The van der Waals surface area contributed by atoms with E-state index in [-0.39, 0.29) is 18.8 Å². The molecule has 0 saturated heterocycles. The molecule has 0 spiro atoms. The van der Waals surface area contributed by atoms with Crippen LogP contribution in [0.2, 0.25) is 0 Å². The third-order valence-electron chi connectivity index (χ3n) is 4.15. The van der Waals surface area contributed by atoms with E-state index in [2.05, 4.69) is 25.9 Å². The number of hydrogen-bond donors (Lipinski definition) is 7. The number of nitrogens with one attached hydrogen (secondary N) is 4. The minimum atomic E-state index is -1.39. The molecule has 0 aliphatic heterocycles. The third-order valence-corrected chi connectivity index (χ3v) is 4.15. The second-order valence-electron chi connectivity index (χ2n) is 7.42. The van der Waals surface area contributed by atoms with Crippen LogP contribution in [0.4, 0.5) is 0 Å². The van der Waals surface area contributed by atoms with Gasteiger partial charge in [-0.25, -0.2) is 4.98 Å². The Kier molecular flexibility index (Phi) is 9.92. The summed E-state index contributed by atoms with van der Waals surface area (Å²) in [4.78, 5) is 54.6. The van der Waals surface area contributed by atoms with Gasteiger partial charge in [-0.1, -0.05) is 13.8 Å². The van der Waals surface area contributed by atoms with Gasteiger partial charge in [0.1, 0.15) is 18.6 Å². The highest BCUT2D eigenvalue weighted by Gasteiger charge is 2.31. The molecule has 0 aromatic carbocycles. The number of carbonyl (C=O) groups is 4. The summed E-state index contributed by atoms with van der Waals surface area (Å²) in [6.45, 7) is 4.32. The number of carboxylic acids is 1. The Bertz CT molecular complexity index is 721. The van der Waals surface area contributed by atoms with Gasteiger partial charge in [0.15, 0.2) is 0 Å². The van der Waals surface area contributed by atoms with Crippen LogP contribution < -0.4 is 21.7 Å². The second-order valence-corrected chi connectivity index (χ2v) is 7.42. The van der Waals surface area contributed by atoms with E-state index >= 15 is 0 Å². The molecule has 1 aromatic heterocycles. The van der Waals surface area contributed by atoms with Gasteiger partial charge in [0.2, 0.25) is 17.7 Å². The van der Waals surface area contributed by atoms with Crippen LogP contribution in [0.15, 0.2) is 12.5 Å². The molecular weight excluding hydrogens is 396 g/mol. The minimum absolute atomic E-state index is 0.0238. The summed E-state index contributed by atoms with van der Waals surface area (Å²) in [6.07, 6.45) is 2.16. The monoisotopic (exact) mass is 426 g/mol. The van der Waals surface area contributed by atoms with Crippen molar-refractivity contribution in [3.05, 3.63) is 18.2 Å². The maximum absolute atomic E-state index is 12.7.